The van der Waals surface area contributed by atoms with Crippen molar-refractivity contribution in [1.29, 1.82) is 0 Å². The third kappa shape index (κ3) is 11.9. The van der Waals surface area contributed by atoms with Crippen LogP contribution in [0, 0.1) is 0 Å². The monoisotopic (exact) mass is 408 g/mol. The third-order valence-corrected chi connectivity index (χ3v) is 3.31. The van der Waals surface area contributed by atoms with Crippen LogP contribution in [0.15, 0.2) is 35.3 Å². The highest BCUT2D eigenvalue weighted by molar-refractivity contribution is 5.79. The van der Waals surface area contributed by atoms with E-state index in [0.29, 0.717) is 13.0 Å². The Morgan fingerprint density at radius 1 is 1.17 bits per heavy atom. The average Bonchev–Trinajstić information content (AvgIpc) is 2.64. The third-order valence-electron chi connectivity index (χ3n) is 3.31. The number of amides is 2. The molecule has 2 amide bonds. The number of carboxylic acids is 1. The summed E-state index contributed by atoms with van der Waals surface area (Å²) in [6.45, 7) is 5.58. The molecule has 0 fully saturated rings. The van der Waals surface area contributed by atoms with Crippen LogP contribution in [0.1, 0.15) is 39.2 Å². The quantitative estimate of drug-likeness (QED) is 0.201. The topological polar surface area (TPSA) is 138 Å². The van der Waals surface area contributed by atoms with Crippen LogP contribution >= 0.6 is 0 Å². The Bertz CT molecular complexity index is 688. The number of hydrazine groups is 1. The van der Waals surface area contributed by atoms with Gasteiger partial charge in [0.25, 0.3) is 0 Å². The number of nitrogens with one attached hydrogen (secondary N) is 3. The molecule has 0 saturated heterocycles. The first kappa shape index (κ1) is 23.7. The van der Waals surface area contributed by atoms with Crippen molar-refractivity contribution in [2.24, 2.45) is 4.99 Å². The number of hydrogen-bond donors (Lipinski definition) is 4. The van der Waals surface area contributed by atoms with E-state index in [1.807, 2.05) is 18.2 Å². The summed E-state index contributed by atoms with van der Waals surface area (Å²) in [7, 11) is 0. The zero-order valence-corrected chi connectivity index (χ0v) is 16.8. The van der Waals surface area contributed by atoms with E-state index in [0.717, 1.165) is 5.56 Å². The van der Waals surface area contributed by atoms with Crippen molar-refractivity contribution >= 4 is 24.5 Å². The van der Waals surface area contributed by atoms with Gasteiger partial charge in [0.15, 0.2) is 0 Å². The molecule has 1 atom stereocenters. The Balaban J connectivity index is 2.24. The van der Waals surface area contributed by atoms with E-state index in [-0.39, 0.29) is 13.0 Å². The smallest absolute Gasteiger partial charge is 0.426 e. The molecule has 0 spiro atoms. The van der Waals surface area contributed by atoms with E-state index in [1.54, 1.807) is 32.9 Å². The van der Waals surface area contributed by atoms with E-state index in [4.69, 9.17) is 9.47 Å². The van der Waals surface area contributed by atoms with Gasteiger partial charge < -0.3 is 19.9 Å². The first-order valence-corrected chi connectivity index (χ1v) is 9.10. The van der Waals surface area contributed by atoms with E-state index in [2.05, 4.69) is 21.2 Å². The number of alkyl carbamates (subject to hydrolysis) is 1. The number of aliphatic carboxylic acids is 1. The van der Waals surface area contributed by atoms with Crippen LogP contribution < -0.4 is 16.2 Å². The maximum absolute atomic E-state index is 11.8. The Morgan fingerprint density at radius 3 is 2.48 bits per heavy atom. The fraction of sp³-hybridized carbons (Fsp3) is 0.474. The van der Waals surface area contributed by atoms with Gasteiger partial charge in [-0.05, 0) is 39.2 Å². The number of carboxylic acid groups (broad SMARTS) is 1. The molecule has 0 unspecified atom stereocenters. The second-order valence-corrected chi connectivity index (χ2v) is 7.05. The van der Waals surface area contributed by atoms with Crippen molar-refractivity contribution in [3.8, 4) is 0 Å². The van der Waals surface area contributed by atoms with Crippen molar-refractivity contribution in [3.63, 3.8) is 0 Å². The van der Waals surface area contributed by atoms with Crippen molar-refractivity contribution in [2.75, 3.05) is 6.54 Å². The number of carbonyl (C=O) groups is 3. The first-order chi connectivity index (χ1) is 13.7. The lowest BCUT2D eigenvalue weighted by molar-refractivity contribution is -0.139. The molecular formula is C19H28N4O6. The number of hydrogen-bond acceptors (Lipinski definition) is 6. The summed E-state index contributed by atoms with van der Waals surface area (Å²) >= 11 is 0. The van der Waals surface area contributed by atoms with Gasteiger partial charge in [-0.15, -0.1) is 0 Å². The molecule has 0 heterocycles. The highest BCUT2D eigenvalue weighted by atomic mass is 16.6. The summed E-state index contributed by atoms with van der Waals surface area (Å²) < 4.78 is 10.0. The molecule has 0 bridgehead atoms. The summed E-state index contributed by atoms with van der Waals surface area (Å²) in [5.41, 5.74) is 4.94. The molecule has 1 aromatic rings. The lowest BCUT2D eigenvalue weighted by Gasteiger charge is -2.19. The molecule has 0 aliphatic rings. The van der Waals surface area contributed by atoms with Crippen LogP contribution in [0.3, 0.4) is 0 Å². The number of rotatable bonds is 10. The summed E-state index contributed by atoms with van der Waals surface area (Å²) in [5.74, 6) is -1.16. The standard InChI is InChI=1S/C19H28N4O6/c1-19(2,3)29-18(27)23-21-13-20-11-7-10-15(16(24)25)22-17(26)28-12-14-8-5-4-6-9-14/h4-6,8-9,13,15H,7,10-12H2,1-3H3,(H,20,21)(H,22,26)(H,23,27)(H,24,25)/t15-/m0/s1. The van der Waals surface area contributed by atoms with Crippen molar-refractivity contribution in [1.82, 2.24) is 16.2 Å². The zero-order chi connectivity index (χ0) is 21.7. The minimum atomic E-state index is -1.16. The molecule has 10 nitrogen and oxygen atoms in total. The van der Waals surface area contributed by atoms with E-state index < -0.39 is 29.8 Å². The Labute approximate surface area is 169 Å². The number of benzene rings is 1. The minimum absolute atomic E-state index is 0.0552. The van der Waals surface area contributed by atoms with Gasteiger partial charge in [-0.1, -0.05) is 30.3 Å². The van der Waals surface area contributed by atoms with Crippen molar-refractivity contribution in [2.45, 2.75) is 51.9 Å². The van der Waals surface area contributed by atoms with Gasteiger partial charge in [-0.3, -0.25) is 10.4 Å². The number of ether oxygens (including phenoxy) is 2. The lowest BCUT2D eigenvalue weighted by Crippen LogP contribution is -2.41. The van der Waals surface area contributed by atoms with Gasteiger partial charge in [0.05, 0.1) is 0 Å². The zero-order valence-electron chi connectivity index (χ0n) is 16.8. The summed E-state index contributed by atoms with van der Waals surface area (Å²) in [5, 5.41) is 11.5. The normalized spacial score (nSPS) is 12.1. The minimum Gasteiger partial charge on any atom is -0.480 e. The maximum Gasteiger partial charge on any atom is 0.426 e. The van der Waals surface area contributed by atoms with Crippen LogP contribution in [0.2, 0.25) is 0 Å². The van der Waals surface area contributed by atoms with E-state index in [9.17, 15) is 19.5 Å². The molecule has 4 N–H and O–H groups in total. The fourth-order valence-electron chi connectivity index (χ4n) is 2.06. The largest absolute Gasteiger partial charge is 0.480 e. The molecule has 0 saturated carbocycles. The molecule has 0 aliphatic carbocycles. The van der Waals surface area contributed by atoms with Crippen molar-refractivity contribution in [3.05, 3.63) is 35.9 Å². The van der Waals surface area contributed by atoms with Gasteiger partial charge in [0, 0.05) is 6.54 Å². The van der Waals surface area contributed by atoms with E-state index in [1.165, 1.54) is 6.34 Å². The maximum atomic E-state index is 11.8. The Hall–Kier alpha value is -3.30. The molecule has 29 heavy (non-hydrogen) atoms. The SMILES string of the molecule is CC(C)(C)OC(=O)NNC=NCCC[C@H](NC(=O)OCc1ccccc1)C(=O)O. The average molecular weight is 408 g/mol. The summed E-state index contributed by atoms with van der Waals surface area (Å²) in [6.07, 6.45) is 0.398. The number of nitrogens with zero attached hydrogens (tertiary/aromatic N) is 1. The molecule has 160 valence electrons. The van der Waals surface area contributed by atoms with Crippen LogP contribution in [-0.2, 0) is 20.9 Å². The summed E-state index contributed by atoms with van der Waals surface area (Å²) in [4.78, 5) is 38.4. The van der Waals surface area contributed by atoms with E-state index >= 15 is 0 Å². The highest BCUT2D eigenvalue weighted by Gasteiger charge is 2.20. The molecule has 10 heteroatoms. The predicted octanol–water partition coefficient (Wildman–Crippen LogP) is 2.20. The van der Waals surface area contributed by atoms with Crippen LogP contribution in [0.4, 0.5) is 9.59 Å². The number of aliphatic imine (C=N–C) groups is 1. The van der Waals surface area contributed by atoms with Crippen LogP contribution in [0.5, 0.6) is 0 Å². The van der Waals surface area contributed by atoms with Gasteiger partial charge in [0.1, 0.15) is 24.6 Å². The lowest BCUT2D eigenvalue weighted by atomic mass is 10.1. The Kier molecular flexibility index (Phi) is 10.00. The van der Waals surface area contributed by atoms with Gasteiger partial charge >= 0.3 is 18.2 Å². The fourth-order valence-corrected chi connectivity index (χ4v) is 2.06. The second-order valence-electron chi connectivity index (χ2n) is 7.05. The van der Waals surface area contributed by atoms with Gasteiger partial charge in [-0.2, -0.15) is 0 Å². The first-order valence-electron chi connectivity index (χ1n) is 9.10. The molecular weight excluding hydrogens is 380 g/mol. The molecule has 1 rings (SSSR count). The predicted molar refractivity (Wildman–Crippen MR) is 106 cm³/mol. The molecule has 1 aromatic carbocycles. The van der Waals surface area contributed by atoms with Crippen LogP contribution in [-0.4, -0.2) is 47.8 Å². The van der Waals surface area contributed by atoms with Gasteiger partial charge in [0.2, 0.25) is 0 Å². The second kappa shape index (κ2) is 12.2. The van der Waals surface area contributed by atoms with Crippen molar-refractivity contribution < 1.29 is 29.0 Å². The summed E-state index contributed by atoms with van der Waals surface area (Å²) in [6, 6.07) is 7.98. The molecule has 0 radical (unpaired) electrons. The van der Waals surface area contributed by atoms with Crippen LogP contribution in [0.25, 0.3) is 0 Å². The highest BCUT2D eigenvalue weighted by Crippen LogP contribution is 2.06. The Morgan fingerprint density at radius 2 is 1.86 bits per heavy atom. The van der Waals surface area contributed by atoms with Gasteiger partial charge in [-0.25, -0.2) is 19.8 Å². The number of carbonyl (C=O) groups excluding carboxylic acids is 2. The molecule has 0 aromatic heterocycles. The molecule has 0 aliphatic heterocycles.